The Labute approximate surface area is 200 Å². The summed E-state index contributed by atoms with van der Waals surface area (Å²) in [5.74, 6) is -1.63. The van der Waals surface area contributed by atoms with Crippen molar-refractivity contribution in [2.24, 2.45) is 0 Å². The number of aliphatic hydroxyl groups is 1. The normalized spacial score (nSPS) is 17.7. The molecule has 4 heterocycles. The zero-order valence-electron chi connectivity index (χ0n) is 18.4. The summed E-state index contributed by atoms with van der Waals surface area (Å²) < 4.78 is 3.62. The first kappa shape index (κ1) is 21.9. The van der Waals surface area contributed by atoms with Crippen LogP contribution >= 0.6 is 11.6 Å². The summed E-state index contributed by atoms with van der Waals surface area (Å²) >= 11 is 6.25. The van der Waals surface area contributed by atoms with E-state index < -0.39 is 17.7 Å². The molecule has 1 aliphatic rings. The summed E-state index contributed by atoms with van der Waals surface area (Å²) in [6.07, 6.45) is 7.61. The van der Waals surface area contributed by atoms with Crippen LogP contribution in [-0.4, -0.2) is 47.2 Å². The van der Waals surface area contributed by atoms with Gasteiger partial charge in [0.25, 0.3) is 11.7 Å². The molecule has 1 saturated heterocycles. The molecular weight excluding hydrogens is 454 g/mol. The van der Waals surface area contributed by atoms with Gasteiger partial charge >= 0.3 is 0 Å². The van der Waals surface area contributed by atoms with Crippen LogP contribution in [0.1, 0.15) is 29.4 Å². The number of aromatic nitrogens is 4. The Balaban J connectivity index is 1.61. The third-order valence-corrected chi connectivity index (χ3v) is 6.24. The lowest BCUT2D eigenvalue weighted by molar-refractivity contribution is -0.139. The Morgan fingerprint density at radius 1 is 1.12 bits per heavy atom. The summed E-state index contributed by atoms with van der Waals surface area (Å²) in [5.41, 5.74) is 2.26. The number of halogens is 1. The van der Waals surface area contributed by atoms with Gasteiger partial charge in [-0.25, -0.2) is 9.97 Å². The molecule has 172 valence electrons. The fourth-order valence-electron chi connectivity index (χ4n) is 4.50. The second kappa shape index (κ2) is 8.79. The van der Waals surface area contributed by atoms with Crippen LogP contribution in [0.5, 0.6) is 0 Å². The van der Waals surface area contributed by atoms with Gasteiger partial charge in [0.05, 0.1) is 23.6 Å². The summed E-state index contributed by atoms with van der Waals surface area (Å²) in [7, 11) is 0. The van der Waals surface area contributed by atoms with Gasteiger partial charge in [-0.3, -0.25) is 14.0 Å². The number of carbonyl (C=O) groups excluding carboxylic acids is 2. The molecule has 3 aromatic heterocycles. The molecule has 1 atom stereocenters. The molecule has 1 amide bonds. The zero-order valence-corrected chi connectivity index (χ0v) is 19.2. The van der Waals surface area contributed by atoms with Gasteiger partial charge in [0.1, 0.15) is 11.3 Å². The smallest absolute Gasteiger partial charge is 0.295 e. The number of Topliss-reactive ketones (excluding diaryl/α,β-unsaturated/α-hetero) is 1. The maximum Gasteiger partial charge on any atom is 0.295 e. The van der Waals surface area contributed by atoms with Crippen molar-refractivity contribution in [1.29, 1.82) is 0 Å². The summed E-state index contributed by atoms with van der Waals surface area (Å²) in [4.78, 5) is 36.5. The third kappa shape index (κ3) is 3.76. The first-order valence-electron chi connectivity index (χ1n) is 10.9. The van der Waals surface area contributed by atoms with Crippen molar-refractivity contribution in [2.45, 2.75) is 25.9 Å². The van der Waals surface area contributed by atoms with E-state index in [1.165, 1.54) is 4.90 Å². The molecule has 0 radical (unpaired) electrons. The topological polar surface area (TPSA) is 92.7 Å². The molecule has 4 aromatic rings. The zero-order chi connectivity index (χ0) is 23.8. The number of imidazole rings is 2. The van der Waals surface area contributed by atoms with E-state index in [0.717, 1.165) is 0 Å². The highest BCUT2D eigenvalue weighted by Gasteiger charge is 2.46. The molecule has 0 spiro atoms. The molecule has 5 rings (SSSR count). The molecule has 1 N–H and O–H groups in total. The van der Waals surface area contributed by atoms with Crippen molar-refractivity contribution >= 4 is 34.7 Å². The van der Waals surface area contributed by atoms with Crippen LogP contribution in [0.15, 0.2) is 73.0 Å². The summed E-state index contributed by atoms with van der Waals surface area (Å²) in [6, 6.07) is 11.7. The molecule has 1 aliphatic heterocycles. The van der Waals surface area contributed by atoms with E-state index in [1.807, 2.05) is 29.0 Å². The minimum absolute atomic E-state index is 0.0312. The molecule has 0 aliphatic carbocycles. The van der Waals surface area contributed by atoms with E-state index in [4.69, 9.17) is 11.6 Å². The van der Waals surface area contributed by atoms with E-state index in [1.54, 1.807) is 54.3 Å². The SMILES string of the molecule is Cc1nc2ccccn2c1/C(O)=C1/C(=O)C(=O)N(CCCn2ccnc2)C1c1cccc(Cl)c1. The van der Waals surface area contributed by atoms with Crippen LogP contribution in [0.4, 0.5) is 0 Å². The largest absolute Gasteiger partial charge is 0.505 e. The lowest BCUT2D eigenvalue weighted by Gasteiger charge is -2.25. The number of carbonyl (C=O) groups is 2. The first-order chi connectivity index (χ1) is 16.5. The number of likely N-dealkylation sites (tertiary alicyclic amines) is 1. The molecule has 1 unspecified atom stereocenters. The molecule has 0 saturated carbocycles. The van der Waals surface area contributed by atoms with Gasteiger partial charge in [0.2, 0.25) is 0 Å². The number of aryl methyl sites for hydroxylation is 2. The molecule has 1 aromatic carbocycles. The summed E-state index contributed by atoms with van der Waals surface area (Å²) in [5, 5.41) is 11.9. The van der Waals surface area contributed by atoms with Crippen molar-refractivity contribution in [3.05, 3.63) is 94.9 Å². The van der Waals surface area contributed by atoms with Gasteiger partial charge < -0.3 is 14.6 Å². The number of ketones is 1. The number of nitrogens with zero attached hydrogens (tertiary/aromatic N) is 5. The maximum atomic E-state index is 13.3. The molecule has 9 heteroatoms. The van der Waals surface area contributed by atoms with Gasteiger partial charge in [-0.15, -0.1) is 0 Å². The predicted molar refractivity (Wildman–Crippen MR) is 127 cm³/mol. The average molecular weight is 476 g/mol. The van der Waals surface area contributed by atoms with E-state index in [0.29, 0.717) is 47.1 Å². The standard InChI is InChI=1S/C25H22ClN5O3/c1-16-21(30-11-3-2-8-19(30)28-16)23(32)20-22(17-6-4-7-18(26)14-17)31(25(34)24(20)33)12-5-10-29-13-9-27-15-29/h2-4,6-9,11,13-15,22,32H,5,10,12H2,1H3/b23-20-. The lowest BCUT2D eigenvalue weighted by atomic mass is 9.96. The second-order valence-electron chi connectivity index (χ2n) is 8.18. The van der Waals surface area contributed by atoms with Gasteiger partial charge in [-0.05, 0) is 43.2 Å². The molecular formula is C25H22ClN5O3. The Hall–Kier alpha value is -3.91. The number of fused-ring (bicyclic) bond motifs is 1. The van der Waals surface area contributed by atoms with Crippen LogP contribution in [-0.2, 0) is 16.1 Å². The fraction of sp³-hybridized carbons (Fsp3) is 0.200. The molecule has 8 nitrogen and oxygen atoms in total. The Kier molecular flexibility index (Phi) is 5.67. The molecule has 0 bridgehead atoms. The van der Waals surface area contributed by atoms with Gasteiger partial charge in [0, 0.05) is 36.7 Å². The van der Waals surface area contributed by atoms with Gasteiger partial charge in [-0.2, -0.15) is 0 Å². The average Bonchev–Trinajstić information content (AvgIpc) is 3.51. The van der Waals surface area contributed by atoms with Crippen LogP contribution in [0.25, 0.3) is 11.4 Å². The Bertz CT molecular complexity index is 1420. The maximum absolute atomic E-state index is 13.3. The van der Waals surface area contributed by atoms with Crippen molar-refractivity contribution in [3.63, 3.8) is 0 Å². The highest BCUT2D eigenvalue weighted by Crippen LogP contribution is 2.40. The minimum atomic E-state index is -0.768. The number of hydrogen-bond acceptors (Lipinski definition) is 5. The monoisotopic (exact) mass is 475 g/mol. The number of hydrogen-bond donors (Lipinski definition) is 1. The number of benzene rings is 1. The Morgan fingerprint density at radius 3 is 2.74 bits per heavy atom. The number of pyridine rings is 1. The van der Waals surface area contributed by atoms with Crippen molar-refractivity contribution < 1.29 is 14.7 Å². The van der Waals surface area contributed by atoms with E-state index >= 15 is 0 Å². The van der Waals surface area contributed by atoms with Crippen LogP contribution in [0.3, 0.4) is 0 Å². The second-order valence-corrected chi connectivity index (χ2v) is 8.61. The highest BCUT2D eigenvalue weighted by atomic mass is 35.5. The quantitative estimate of drug-likeness (QED) is 0.258. The number of amides is 1. The predicted octanol–water partition coefficient (Wildman–Crippen LogP) is 4.00. The Morgan fingerprint density at radius 2 is 1.97 bits per heavy atom. The van der Waals surface area contributed by atoms with Crippen LogP contribution < -0.4 is 0 Å². The van der Waals surface area contributed by atoms with E-state index in [9.17, 15) is 14.7 Å². The number of aliphatic hydroxyl groups excluding tert-OH is 1. The number of rotatable bonds is 6. The summed E-state index contributed by atoms with van der Waals surface area (Å²) in [6.45, 7) is 2.72. The fourth-order valence-corrected chi connectivity index (χ4v) is 4.70. The third-order valence-electron chi connectivity index (χ3n) is 6.01. The van der Waals surface area contributed by atoms with Crippen LogP contribution in [0.2, 0.25) is 5.02 Å². The lowest BCUT2D eigenvalue weighted by Crippen LogP contribution is -2.31. The van der Waals surface area contributed by atoms with E-state index in [2.05, 4.69) is 9.97 Å². The van der Waals surface area contributed by atoms with Crippen molar-refractivity contribution in [3.8, 4) is 0 Å². The highest BCUT2D eigenvalue weighted by molar-refractivity contribution is 6.46. The van der Waals surface area contributed by atoms with Crippen molar-refractivity contribution in [2.75, 3.05) is 6.54 Å². The van der Waals surface area contributed by atoms with Gasteiger partial charge in [0.15, 0.2) is 5.76 Å². The van der Waals surface area contributed by atoms with Crippen molar-refractivity contribution in [1.82, 2.24) is 23.8 Å². The molecule has 1 fully saturated rings. The molecule has 34 heavy (non-hydrogen) atoms. The van der Waals surface area contributed by atoms with Crippen LogP contribution in [0, 0.1) is 6.92 Å². The first-order valence-corrected chi connectivity index (χ1v) is 11.3. The van der Waals surface area contributed by atoms with E-state index in [-0.39, 0.29) is 11.3 Å². The van der Waals surface area contributed by atoms with Gasteiger partial charge in [-0.1, -0.05) is 29.8 Å². The minimum Gasteiger partial charge on any atom is -0.505 e.